The second-order valence-electron chi connectivity index (χ2n) is 9.15. The topological polar surface area (TPSA) is 49.3 Å². The van der Waals surface area contributed by atoms with Crippen molar-refractivity contribution in [1.82, 2.24) is 5.32 Å². The van der Waals surface area contributed by atoms with Gasteiger partial charge in [-0.25, -0.2) is 0 Å². The molecule has 0 aliphatic rings. The third-order valence-corrected chi connectivity index (χ3v) is 6.05. The number of carboxylic acid groups (broad SMARTS) is 1. The molecule has 0 amide bonds. The van der Waals surface area contributed by atoms with Crippen molar-refractivity contribution < 1.29 is 9.90 Å². The van der Waals surface area contributed by atoms with Gasteiger partial charge in [0.2, 0.25) is 0 Å². The Morgan fingerprint density at radius 1 is 0.655 bits per heavy atom. The maximum absolute atomic E-state index is 10.4. The summed E-state index contributed by atoms with van der Waals surface area (Å²) in [5.41, 5.74) is 0. The van der Waals surface area contributed by atoms with Crippen LogP contribution in [-0.4, -0.2) is 23.7 Å². The smallest absolute Gasteiger partial charge is 0.303 e. The van der Waals surface area contributed by atoms with Gasteiger partial charge in [-0.3, -0.25) is 4.79 Å². The fraction of sp³-hybridized carbons (Fsp3) is 0.962. The van der Waals surface area contributed by atoms with Gasteiger partial charge in [0, 0.05) is 12.5 Å². The summed E-state index contributed by atoms with van der Waals surface area (Å²) in [6.07, 6.45) is 27.0. The monoisotopic (exact) mass is 411 g/mol. The van der Waals surface area contributed by atoms with E-state index in [0.29, 0.717) is 12.5 Å². The van der Waals surface area contributed by atoms with Gasteiger partial charge in [0.25, 0.3) is 0 Å². The first-order chi connectivity index (χ1) is 14.2. The van der Waals surface area contributed by atoms with Crippen molar-refractivity contribution in [3.63, 3.8) is 0 Å². The highest BCUT2D eigenvalue weighted by Gasteiger charge is 2.01. The molecule has 0 saturated heterocycles. The maximum atomic E-state index is 10.4. The molecule has 0 aromatic rings. The molecule has 174 valence electrons. The molecule has 0 rings (SSSR count). The zero-order valence-electron chi connectivity index (χ0n) is 20.0. The van der Waals surface area contributed by atoms with E-state index in [9.17, 15) is 4.79 Å². The fourth-order valence-corrected chi connectivity index (χ4v) is 4.03. The van der Waals surface area contributed by atoms with Gasteiger partial charge in [-0.2, -0.15) is 0 Å². The van der Waals surface area contributed by atoms with Gasteiger partial charge in [-0.05, 0) is 32.7 Å². The zero-order chi connectivity index (χ0) is 21.4. The Labute approximate surface area is 182 Å². The first-order valence-corrected chi connectivity index (χ1v) is 13.1. The first-order valence-electron chi connectivity index (χ1n) is 13.1. The van der Waals surface area contributed by atoms with Crippen LogP contribution >= 0.6 is 0 Å². The second-order valence-corrected chi connectivity index (χ2v) is 9.15. The molecule has 2 N–H and O–H groups in total. The van der Waals surface area contributed by atoms with E-state index in [1.165, 1.54) is 122 Å². The van der Waals surface area contributed by atoms with Crippen LogP contribution in [0.4, 0.5) is 0 Å². The molecule has 0 aromatic carbocycles. The van der Waals surface area contributed by atoms with Crippen molar-refractivity contribution in [1.29, 1.82) is 0 Å². The summed E-state index contributed by atoms with van der Waals surface area (Å²) in [7, 11) is 0. The van der Waals surface area contributed by atoms with Crippen molar-refractivity contribution in [2.45, 2.75) is 155 Å². The number of aliphatic carboxylic acids is 1. The second kappa shape index (κ2) is 23.7. The summed E-state index contributed by atoms with van der Waals surface area (Å²) in [6.45, 7) is 5.81. The lowest BCUT2D eigenvalue weighted by molar-refractivity contribution is -0.137. The number of carbonyl (C=O) groups is 1. The molecule has 1 unspecified atom stereocenters. The van der Waals surface area contributed by atoms with E-state index < -0.39 is 5.97 Å². The lowest BCUT2D eigenvalue weighted by Gasteiger charge is -2.13. The normalized spacial score (nSPS) is 12.3. The zero-order valence-corrected chi connectivity index (χ0v) is 20.0. The molecule has 0 aromatic heterocycles. The molecular weight excluding hydrogens is 358 g/mol. The summed E-state index contributed by atoms with van der Waals surface area (Å²) in [4.78, 5) is 10.4. The van der Waals surface area contributed by atoms with E-state index in [-0.39, 0.29) is 0 Å². The van der Waals surface area contributed by atoms with Crippen LogP contribution in [0.5, 0.6) is 0 Å². The van der Waals surface area contributed by atoms with Gasteiger partial charge in [-0.1, -0.05) is 116 Å². The molecule has 29 heavy (non-hydrogen) atoms. The first kappa shape index (κ1) is 28.4. The number of hydrogen-bond donors (Lipinski definition) is 2. The van der Waals surface area contributed by atoms with Crippen molar-refractivity contribution in [3.05, 3.63) is 0 Å². The van der Waals surface area contributed by atoms with E-state index in [0.717, 1.165) is 12.8 Å². The summed E-state index contributed by atoms with van der Waals surface area (Å²) in [6, 6.07) is 0.698. The SMILES string of the molecule is CCCCCNC(C)CCCCCCCCCCCCCCCCCCC(=O)O. The van der Waals surface area contributed by atoms with Crippen molar-refractivity contribution >= 4 is 5.97 Å². The minimum Gasteiger partial charge on any atom is -0.481 e. The summed E-state index contributed by atoms with van der Waals surface area (Å²) in [5, 5.41) is 12.2. The molecule has 0 saturated carbocycles. The number of unbranched alkanes of at least 4 members (excludes halogenated alkanes) is 17. The Morgan fingerprint density at radius 2 is 1.07 bits per heavy atom. The van der Waals surface area contributed by atoms with Gasteiger partial charge >= 0.3 is 5.97 Å². The van der Waals surface area contributed by atoms with Gasteiger partial charge in [-0.15, -0.1) is 0 Å². The number of rotatable bonds is 24. The average molecular weight is 412 g/mol. The van der Waals surface area contributed by atoms with Gasteiger partial charge < -0.3 is 10.4 Å². The molecule has 0 bridgehead atoms. The standard InChI is InChI=1S/C26H53NO2/c1-3-4-21-24-27-25(2)22-19-17-15-13-11-9-7-5-6-8-10-12-14-16-18-20-23-26(28)29/h25,27H,3-24H2,1-2H3,(H,28,29). The predicted octanol–water partition coefficient (Wildman–Crippen LogP) is 8.26. The van der Waals surface area contributed by atoms with Gasteiger partial charge in [0.15, 0.2) is 0 Å². The highest BCUT2D eigenvalue weighted by molar-refractivity contribution is 5.66. The Kier molecular flexibility index (Phi) is 23.2. The summed E-state index contributed by atoms with van der Waals surface area (Å²) < 4.78 is 0. The molecule has 0 heterocycles. The van der Waals surface area contributed by atoms with Crippen LogP contribution in [0.15, 0.2) is 0 Å². The summed E-state index contributed by atoms with van der Waals surface area (Å²) >= 11 is 0. The van der Waals surface area contributed by atoms with Crippen LogP contribution in [0.1, 0.15) is 149 Å². The number of carboxylic acids is 1. The van der Waals surface area contributed by atoms with Crippen molar-refractivity contribution in [3.8, 4) is 0 Å². The quantitative estimate of drug-likeness (QED) is 0.157. The van der Waals surface area contributed by atoms with E-state index in [2.05, 4.69) is 19.2 Å². The van der Waals surface area contributed by atoms with E-state index in [4.69, 9.17) is 5.11 Å². The van der Waals surface area contributed by atoms with Crippen LogP contribution in [-0.2, 0) is 4.79 Å². The lowest BCUT2D eigenvalue weighted by Crippen LogP contribution is -2.26. The summed E-state index contributed by atoms with van der Waals surface area (Å²) in [5.74, 6) is -0.652. The van der Waals surface area contributed by atoms with Crippen LogP contribution in [0.2, 0.25) is 0 Å². The van der Waals surface area contributed by atoms with Crippen molar-refractivity contribution in [2.75, 3.05) is 6.54 Å². The highest BCUT2D eigenvalue weighted by Crippen LogP contribution is 2.14. The minimum absolute atomic E-state index is 0.343. The Balaban J connectivity index is 3.09. The van der Waals surface area contributed by atoms with Crippen LogP contribution < -0.4 is 5.32 Å². The Morgan fingerprint density at radius 3 is 1.48 bits per heavy atom. The molecule has 0 aliphatic heterocycles. The molecule has 0 radical (unpaired) electrons. The van der Waals surface area contributed by atoms with Crippen LogP contribution in [0, 0.1) is 0 Å². The molecule has 3 heteroatoms. The molecule has 0 fully saturated rings. The Hall–Kier alpha value is -0.570. The van der Waals surface area contributed by atoms with Crippen LogP contribution in [0.25, 0.3) is 0 Å². The maximum Gasteiger partial charge on any atom is 0.303 e. The lowest BCUT2D eigenvalue weighted by atomic mass is 10.0. The van der Waals surface area contributed by atoms with E-state index >= 15 is 0 Å². The highest BCUT2D eigenvalue weighted by atomic mass is 16.4. The molecule has 0 spiro atoms. The average Bonchev–Trinajstić information content (AvgIpc) is 2.70. The number of hydrogen-bond acceptors (Lipinski definition) is 2. The molecule has 1 atom stereocenters. The van der Waals surface area contributed by atoms with Crippen molar-refractivity contribution in [2.24, 2.45) is 0 Å². The molecular formula is C26H53NO2. The van der Waals surface area contributed by atoms with Crippen LogP contribution in [0.3, 0.4) is 0 Å². The van der Waals surface area contributed by atoms with Gasteiger partial charge in [0.1, 0.15) is 0 Å². The largest absolute Gasteiger partial charge is 0.481 e. The predicted molar refractivity (Wildman–Crippen MR) is 128 cm³/mol. The van der Waals surface area contributed by atoms with Gasteiger partial charge in [0.05, 0.1) is 0 Å². The fourth-order valence-electron chi connectivity index (χ4n) is 4.03. The molecule has 3 nitrogen and oxygen atoms in total. The minimum atomic E-state index is -0.652. The third-order valence-electron chi connectivity index (χ3n) is 6.05. The number of nitrogens with one attached hydrogen (secondary N) is 1. The molecule has 0 aliphatic carbocycles. The Bertz CT molecular complexity index is 333. The van der Waals surface area contributed by atoms with E-state index in [1.807, 2.05) is 0 Å². The third kappa shape index (κ3) is 25.4. The van der Waals surface area contributed by atoms with E-state index in [1.54, 1.807) is 0 Å².